The van der Waals surface area contributed by atoms with Gasteiger partial charge < -0.3 is 16.0 Å². The lowest BCUT2D eigenvalue weighted by Gasteiger charge is -2.20. The summed E-state index contributed by atoms with van der Waals surface area (Å²) >= 11 is 0. The molecule has 3 N–H and O–H groups in total. The van der Waals surface area contributed by atoms with E-state index >= 15 is 0 Å². The van der Waals surface area contributed by atoms with Crippen LogP contribution < -0.4 is 16.0 Å². The quantitative estimate of drug-likeness (QED) is 0.767. The third-order valence-corrected chi connectivity index (χ3v) is 3.92. The van der Waals surface area contributed by atoms with Crippen LogP contribution in [0.4, 0.5) is 5.69 Å². The van der Waals surface area contributed by atoms with Crippen molar-refractivity contribution in [2.24, 2.45) is 0 Å². The average Bonchev–Trinajstić information content (AvgIpc) is 3.30. The van der Waals surface area contributed by atoms with Crippen LogP contribution in [0.1, 0.15) is 41.6 Å². The summed E-state index contributed by atoms with van der Waals surface area (Å²) in [7, 11) is 0. The normalized spacial score (nSPS) is 16.6. The van der Waals surface area contributed by atoms with E-state index in [0.717, 1.165) is 49.0 Å². The second kappa shape index (κ2) is 6.16. The van der Waals surface area contributed by atoms with Crippen molar-refractivity contribution in [3.8, 4) is 0 Å². The molecular formula is C16H21N3O2. The first-order valence-electron chi connectivity index (χ1n) is 7.67. The Morgan fingerprint density at radius 1 is 1.29 bits per heavy atom. The van der Waals surface area contributed by atoms with Gasteiger partial charge in [-0.3, -0.25) is 9.59 Å². The minimum atomic E-state index is -0.0882. The van der Waals surface area contributed by atoms with E-state index in [1.807, 2.05) is 18.2 Å². The molecule has 1 aliphatic heterocycles. The second-order valence-electron chi connectivity index (χ2n) is 5.71. The third kappa shape index (κ3) is 3.54. The Morgan fingerprint density at radius 2 is 2.14 bits per heavy atom. The zero-order chi connectivity index (χ0) is 14.7. The summed E-state index contributed by atoms with van der Waals surface area (Å²) in [6.45, 7) is 1.34. The van der Waals surface area contributed by atoms with E-state index < -0.39 is 0 Å². The van der Waals surface area contributed by atoms with Crippen LogP contribution >= 0.6 is 0 Å². The van der Waals surface area contributed by atoms with Crippen molar-refractivity contribution in [2.75, 3.05) is 18.4 Å². The van der Waals surface area contributed by atoms with Crippen LogP contribution in [-0.2, 0) is 11.2 Å². The summed E-state index contributed by atoms with van der Waals surface area (Å²) in [6, 6.07) is 6.13. The Kier molecular flexibility index (Phi) is 4.08. The summed E-state index contributed by atoms with van der Waals surface area (Å²) in [5, 5.41) is 9.08. The van der Waals surface area contributed by atoms with Gasteiger partial charge in [0.05, 0.1) is 0 Å². The highest BCUT2D eigenvalue weighted by atomic mass is 16.2. The van der Waals surface area contributed by atoms with Gasteiger partial charge in [-0.1, -0.05) is 6.07 Å². The fourth-order valence-corrected chi connectivity index (χ4v) is 2.64. The highest BCUT2D eigenvalue weighted by molar-refractivity contribution is 5.97. The maximum atomic E-state index is 12.3. The molecule has 21 heavy (non-hydrogen) atoms. The molecule has 2 aliphatic rings. The largest absolute Gasteiger partial charge is 0.385 e. The van der Waals surface area contributed by atoms with Gasteiger partial charge in [0.2, 0.25) is 5.91 Å². The van der Waals surface area contributed by atoms with Crippen molar-refractivity contribution in [1.29, 1.82) is 0 Å². The van der Waals surface area contributed by atoms with Crippen LogP contribution in [0, 0.1) is 0 Å². The van der Waals surface area contributed by atoms with Crippen molar-refractivity contribution in [3.63, 3.8) is 0 Å². The minimum Gasteiger partial charge on any atom is -0.385 e. The van der Waals surface area contributed by atoms with E-state index in [4.69, 9.17) is 0 Å². The lowest BCUT2D eigenvalue weighted by Crippen LogP contribution is -2.32. The molecule has 1 fully saturated rings. The molecule has 112 valence electrons. The molecular weight excluding hydrogens is 266 g/mol. The Labute approximate surface area is 124 Å². The van der Waals surface area contributed by atoms with Gasteiger partial charge in [0.1, 0.15) is 0 Å². The number of benzene rings is 1. The van der Waals surface area contributed by atoms with Crippen LogP contribution in [0.25, 0.3) is 0 Å². The van der Waals surface area contributed by atoms with Crippen molar-refractivity contribution < 1.29 is 9.59 Å². The highest BCUT2D eigenvalue weighted by Gasteiger charge is 2.23. The Bertz CT molecular complexity index is 552. The zero-order valence-corrected chi connectivity index (χ0v) is 12.1. The number of nitrogens with one attached hydrogen (secondary N) is 3. The smallest absolute Gasteiger partial charge is 0.251 e. The van der Waals surface area contributed by atoms with Gasteiger partial charge in [0, 0.05) is 36.8 Å². The first-order valence-corrected chi connectivity index (χ1v) is 7.67. The first kappa shape index (κ1) is 13.9. The monoisotopic (exact) mass is 287 g/mol. The van der Waals surface area contributed by atoms with Crippen molar-refractivity contribution >= 4 is 17.5 Å². The molecule has 0 unspecified atom stereocenters. The number of anilines is 1. The lowest BCUT2D eigenvalue weighted by molar-refractivity contribution is -0.121. The molecule has 5 heteroatoms. The van der Waals surface area contributed by atoms with Crippen LogP contribution in [0.2, 0.25) is 0 Å². The van der Waals surface area contributed by atoms with Crippen LogP contribution in [0.3, 0.4) is 0 Å². The van der Waals surface area contributed by atoms with E-state index in [-0.39, 0.29) is 11.8 Å². The van der Waals surface area contributed by atoms with Gasteiger partial charge in [-0.15, -0.1) is 0 Å². The van der Waals surface area contributed by atoms with E-state index in [1.54, 1.807) is 0 Å². The molecule has 0 atom stereocenters. The standard InChI is InChI=1S/C16H21N3O2/c20-15(19-11-6-7-11)8-10-18-16(21)13-3-1-5-14-12(13)4-2-9-17-14/h1,3,5,11,17H,2,4,6-10H2,(H,18,21)(H,19,20). The molecule has 0 saturated heterocycles. The Balaban J connectivity index is 1.54. The molecule has 0 radical (unpaired) electrons. The Hall–Kier alpha value is -2.04. The third-order valence-electron chi connectivity index (χ3n) is 3.92. The number of rotatable bonds is 5. The van der Waals surface area contributed by atoms with Gasteiger partial charge in [0.15, 0.2) is 0 Å². The van der Waals surface area contributed by atoms with Crippen LogP contribution in [0.5, 0.6) is 0 Å². The van der Waals surface area contributed by atoms with Gasteiger partial charge in [-0.2, -0.15) is 0 Å². The molecule has 1 aromatic rings. The van der Waals surface area contributed by atoms with Crippen LogP contribution in [0.15, 0.2) is 18.2 Å². The summed E-state index contributed by atoms with van der Waals surface area (Å²) < 4.78 is 0. The van der Waals surface area contributed by atoms with Crippen molar-refractivity contribution in [1.82, 2.24) is 10.6 Å². The fraction of sp³-hybridized carbons (Fsp3) is 0.500. The van der Waals surface area contributed by atoms with Crippen molar-refractivity contribution in [3.05, 3.63) is 29.3 Å². The summed E-state index contributed by atoms with van der Waals surface area (Å²) in [6.07, 6.45) is 4.48. The fourth-order valence-electron chi connectivity index (χ4n) is 2.64. The number of fused-ring (bicyclic) bond motifs is 1. The maximum absolute atomic E-state index is 12.3. The molecule has 1 heterocycles. The molecule has 1 aromatic carbocycles. The molecule has 1 aliphatic carbocycles. The summed E-state index contributed by atoms with van der Waals surface area (Å²) in [5.41, 5.74) is 2.87. The molecule has 0 aromatic heterocycles. The topological polar surface area (TPSA) is 70.2 Å². The first-order chi connectivity index (χ1) is 10.2. The van der Waals surface area contributed by atoms with Crippen molar-refractivity contribution in [2.45, 2.75) is 38.1 Å². The van der Waals surface area contributed by atoms with Crippen LogP contribution in [-0.4, -0.2) is 30.9 Å². The van der Waals surface area contributed by atoms with Gasteiger partial charge in [-0.25, -0.2) is 0 Å². The predicted octanol–water partition coefficient (Wildman–Crippen LogP) is 1.44. The number of carbonyl (C=O) groups excluding carboxylic acids is 2. The summed E-state index contributed by atoms with van der Waals surface area (Å²) in [5.74, 6) is -0.0654. The maximum Gasteiger partial charge on any atom is 0.251 e. The molecule has 3 rings (SSSR count). The number of hydrogen-bond acceptors (Lipinski definition) is 3. The van der Waals surface area contributed by atoms with E-state index in [9.17, 15) is 9.59 Å². The average molecular weight is 287 g/mol. The van der Waals surface area contributed by atoms with E-state index in [1.165, 1.54) is 0 Å². The number of amides is 2. The molecule has 0 bridgehead atoms. The summed E-state index contributed by atoms with van der Waals surface area (Å²) in [4.78, 5) is 23.8. The Morgan fingerprint density at radius 3 is 2.95 bits per heavy atom. The SMILES string of the molecule is O=C(CCNC(=O)c1cccc2c1CCCN2)NC1CC1. The van der Waals surface area contributed by atoms with Gasteiger partial charge >= 0.3 is 0 Å². The number of hydrogen-bond donors (Lipinski definition) is 3. The molecule has 1 saturated carbocycles. The van der Waals surface area contributed by atoms with E-state index in [2.05, 4.69) is 16.0 Å². The lowest BCUT2D eigenvalue weighted by atomic mass is 9.97. The predicted molar refractivity (Wildman–Crippen MR) is 81.4 cm³/mol. The highest BCUT2D eigenvalue weighted by Crippen LogP contribution is 2.25. The molecule has 0 spiro atoms. The minimum absolute atomic E-state index is 0.0227. The molecule has 2 amide bonds. The zero-order valence-electron chi connectivity index (χ0n) is 12.1. The second-order valence-corrected chi connectivity index (χ2v) is 5.71. The molecule has 5 nitrogen and oxygen atoms in total. The van der Waals surface area contributed by atoms with Gasteiger partial charge in [0.25, 0.3) is 5.91 Å². The number of carbonyl (C=O) groups is 2. The van der Waals surface area contributed by atoms with E-state index in [0.29, 0.717) is 19.0 Å². The van der Waals surface area contributed by atoms with Gasteiger partial charge in [-0.05, 0) is 43.4 Å².